The van der Waals surface area contributed by atoms with Crippen LogP contribution in [-0.4, -0.2) is 70.2 Å². The predicted molar refractivity (Wildman–Crippen MR) is 88.6 cm³/mol. The number of likely N-dealkylation sites (tertiary alicyclic amines) is 2. The van der Waals surface area contributed by atoms with Gasteiger partial charge in [-0.1, -0.05) is 0 Å². The molecule has 0 unspecified atom stereocenters. The Morgan fingerprint density at radius 2 is 1.88 bits per heavy atom. The number of nitrogens with one attached hydrogen (secondary N) is 1. The van der Waals surface area contributed by atoms with Gasteiger partial charge in [-0.05, 0) is 38.3 Å². The van der Waals surface area contributed by atoms with Gasteiger partial charge in [-0.15, -0.1) is 0 Å². The van der Waals surface area contributed by atoms with Crippen molar-refractivity contribution >= 4 is 11.9 Å². The summed E-state index contributed by atoms with van der Waals surface area (Å²) in [7, 11) is 0. The van der Waals surface area contributed by atoms with Crippen molar-refractivity contribution in [1.82, 2.24) is 20.1 Å². The normalized spacial score (nSPS) is 21.8. The summed E-state index contributed by atoms with van der Waals surface area (Å²) in [6.07, 6.45) is 3.32. The van der Waals surface area contributed by atoms with Crippen LogP contribution in [0.2, 0.25) is 0 Å². The van der Waals surface area contributed by atoms with Crippen LogP contribution in [0.25, 0.3) is 0 Å². The molecule has 3 rings (SSSR count). The lowest BCUT2D eigenvalue weighted by molar-refractivity contribution is 0.0784. The van der Waals surface area contributed by atoms with Gasteiger partial charge in [-0.3, -0.25) is 9.78 Å². The minimum atomic E-state index is -0.295. The summed E-state index contributed by atoms with van der Waals surface area (Å²) in [6, 6.07) is 3.49. The quantitative estimate of drug-likeness (QED) is 0.838. The van der Waals surface area contributed by atoms with E-state index >= 15 is 0 Å². The van der Waals surface area contributed by atoms with E-state index in [2.05, 4.69) is 10.3 Å². The van der Waals surface area contributed by atoms with E-state index in [4.69, 9.17) is 0 Å². The van der Waals surface area contributed by atoms with Gasteiger partial charge in [0.2, 0.25) is 0 Å². The number of hydrogen-bond donors (Lipinski definition) is 2. The number of aryl methyl sites for hydroxylation is 1. The summed E-state index contributed by atoms with van der Waals surface area (Å²) in [5.74, 6) is -0.0413. The highest BCUT2D eigenvalue weighted by atomic mass is 16.3. The van der Waals surface area contributed by atoms with Crippen molar-refractivity contribution in [2.75, 3.05) is 26.2 Å². The Hall–Kier alpha value is -2.15. The molecule has 2 aliphatic heterocycles. The molecule has 2 aliphatic rings. The summed E-state index contributed by atoms with van der Waals surface area (Å²) >= 11 is 0. The first kappa shape index (κ1) is 16.7. The van der Waals surface area contributed by atoms with Gasteiger partial charge in [0.15, 0.2) is 0 Å². The first-order chi connectivity index (χ1) is 11.5. The van der Waals surface area contributed by atoms with Crippen LogP contribution in [-0.2, 0) is 0 Å². The van der Waals surface area contributed by atoms with Crippen molar-refractivity contribution in [3.63, 3.8) is 0 Å². The Morgan fingerprint density at radius 3 is 2.54 bits per heavy atom. The minimum absolute atomic E-state index is 0.0216. The molecule has 0 aromatic carbocycles. The Bertz CT molecular complexity index is 596. The van der Waals surface area contributed by atoms with Crippen LogP contribution in [0.3, 0.4) is 0 Å². The molecule has 3 heterocycles. The number of urea groups is 1. The molecule has 7 nitrogen and oxygen atoms in total. The fourth-order valence-corrected chi connectivity index (χ4v) is 3.17. The summed E-state index contributed by atoms with van der Waals surface area (Å²) in [5.41, 5.74) is 1.46. The van der Waals surface area contributed by atoms with Crippen molar-refractivity contribution in [3.8, 4) is 0 Å². The number of pyridine rings is 1. The van der Waals surface area contributed by atoms with E-state index in [9.17, 15) is 14.7 Å². The van der Waals surface area contributed by atoms with E-state index in [1.807, 2.05) is 13.0 Å². The van der Waals surface area contributed by atoms with Crippen LogP contribution in [0.15, 0.2) is 18.3 Å². The fourth-order valence-electron chi connectivity index (χ4n) is 3.17. The zero-order valence-corrected chi connectivity index (χ0v) is 13.9. The molecule has 7 heteroatoms. The Labute approximate surface area is 141 Å². The number of carbonyl (C=O) groups is 2. The molecule has 24 heavy (non-hydrogen) atoms. The molecule has 3 amide bonds. The Morgan fingerprint density at radius 1 is 1.17 bits per heavy atom. The van der Waals surface area contributed by atoms with Crippen LogP contribution in [0.1, 0.15) is 35.3 Å². The maximum absolute atomic E-state index is 12.5. The van der Waals surface area contributed by atoms with E-state index in [0.29, 0.717) is 44.6 Å². The number of amides is 3. The third kappa shape index (κ3) is 3.84. The first-order valence-corrected chi connectivity index (χ1v) is 8.48. The average molecular weight is 332 g/mol. The second kappa shape index (κ2) is 7.17. The monoisotopic (exact) mass is 332 g/mol. The van der Waals surface area contributed by atoms with Crippen molar-refractivity contribution < 1.29 is 14.7 Å². The highest BCUT2D eigenvalue weighted by Gasteiger charge is 2.30. The lowest BCUT2D eigenvalue weighted by atomic mass is 10.1. The maximum Gasteiger partial charge on any atom is 0.317 e. The van der Waals surface area contributed by atoms with Gasteiger partial charge >= 0.3 is 6.03 Å². The molecule has 0 saturated carbocycles. The number of aliphatic hydroxyl groups is 1. The molecular formula is C17H24N4O3. The van der Waals surface area contributed by atoms with Gasteiger partial charge in [0.05, 0.1) is 11.7 Å². The highest BCUT2D eigenvalue weighted by Crippen LogP contribution is 2.15. The number of hydrogen-bond acceptors (Lipinski definition) is 4. The van der Waals surface area contributed by atoms with Gasteiger partial charge in [0, 0.05) is 44.1 Å². The largest absolute Gasteiger partial charge is 0.393 e. The van der Waals surface area contributed by atoms with Crippen LogP contribution >= 0.6 is 0 Å². The number of aromatic nitrogens is 1. The molecule has 0 bridgehead atoms. The van der Waals surface area contributed by atoms with Gasteiger partial charge in [0.1, 0.15) is 0 Å². The minimum Gasteiger partial charge on any atom is -0.393 e. The van der Waals surface area contributed by atoms with Crippen molar-refractivity contribution in [3.05, 3.63) is 29.6 Å². The molecule has 1 aromatic rings. The van der Waals surface area contributed by atoms with E-state index < -0.39 is 0 Å². The van der Waals surface area contributed by atoms with E-state index in [1.165, 1.54) is 0 Å². The standard InChI is InChI=1S/C17H24N4O3/c1-12-2-3-13(10-18-12)16(23)21-7-4-14(11-21)19-17(24)20-8-5-15(22)6-9-20/h2-3,10,14-15,22H,4-9,11H2,1H3,(H,19,24)/t14-/m1/s1. The maximum atomic E-state index is 12.5. The lowest BCUT2D eigenvalue weighted by Gasteiger charge is -2.30. The Kier molecular flexibility index (Phi) is 4.99. The summed E-state index contributed by atoms with van der Waals surface area (Å²) < 4.78 is 0. The van der Waals surface area contributed by atoms with Gasteiger partial charge < -0.3 is 20.2 Å². The molecule has 0 radical (unpaired) electrons. The second-order valence-electron chi connectivity index (χ2n) is 6.59. The van der Waals surface area contributed by atoms with Crippen molar-refractivity contribution in [2.24, 2.45) is 0 Å². The molecule has 1 atom stereocenters. The average Bonchev–Trinajstić information content (AvgIpc) is 3.04. The number of nitrogens with zero attached hydrogens (tertiary/aromatic N) is 3. The molecule has 2 N–H and O–H groups in total. The smallest absolute Gasteiger partial charge is 0.317 e. The zero-order valence-electron chi connectivity index (χ0n) is 13.9. The van der Waals surface area contributed by atoms with Crippen LogP contribution < -0.4 is 5.32 Å². The highest BCUT2D eigenvalue weighted by molar-refractivity contribution is 5.94. The number of piperidine rings is 1. The summed E-state index contributed by atoms with van der Waals surface area (Å²) in [5, 5.41) is 12.5. The SMILES string of the molecule is Cc1ccc(C(=O)N2CC[C@@H](NC(=O)N3CCC(O)CC3)C2)cn1. The van der Waals surface area contributed by atoms with Crippen LogP contribution in [0, 0.1) is 6.92 Å². The third-order valence-electron chi connectivity index (χ3n) is 4.71. The first-order valence-electron chi connectivity index (χ1n) is 8.48. The predicted octanol–water partition coefficient (Wildman–Crippen LogP) is 0.771. The number of carbonyl (C=O) groups excluding carboxylic acids is 2. The van der Waals surface area contributed by atoms with Gasteiger partial charge in [-0.2, -0.15) is 0 Å². The molecule has 130 valence electrons. The molecule has 2 saturated heterocycles. The van der Waals surface area contributed by atoms with Crippen LogP contribution in [0.4, 0.5) is 4.79 Å². The lowest BCUT2D eigenvalue weighted by Crippen LogP contribution is -2.49. The van der Waals surface area contributed by atoms with Crippen molar-refractivity contribution in [2.45, 2.75) is 38.3 Å². The summed E-state index contributed by atoms with van der Waals surface area (Å²) in [4.78, 5) is 32.4. The number of rotatable bonds is 2. The topological polar surface area (TPSA) is 85.8 Å². The van der Waals surface area contributed by atoms with Gasteiger partial charge in [-0.25, -0.2) is 4.79 Å². The number of aliphatic hydroxyl groups excluding tert-OH is 1. The molecular weight excluding hydrogens is 308 g/mol. The van der Waals surface area contributed by atoms with Crippen LogP contribution in [0.5, 0.6) is 0 Å². The zero-order chi connectivity index (χ0) is 17.1. The molecule has 2 fully saturated rings. The van der Waals surface area contributed by atoms with Crippen molar-refractivity contribution in [1.29, 1.82) is 0 Å². The fraction of sp³-hybridized carbons (Fsp3) is 0.588. The van der Waals surface area contributed by atoms with E-state index in [1.54, 1.807) is 22.1 Å². The van der Waals surface area contributed by atoms with Gasteiger partial charge in [0.25, 0.3) is 5.91 Å². The summed E-state index contributed by atoms with van der Waals surface area (Å²) in [6.45, 7) is 4.20. The third-order valence-corrected chi connectivity index (χ3v) is 4.71. The Balaban J connectivity index is 1.51. The van der Waals surface area contributed by atoms with E-state index in [-0.39, 0.29) is 24.1 Å². The molecule has 0 aliphatic carbocycles. The second-order valence-corrected chi connectivity index (χ2v) is 6.59. The molecule has 0 spiro atoms. The van der Waals surface area contributed by atoms with E-state index in [0.717, 1.165) is 12.1 Å². The molecule has 1 aromatic heterocycles.